The maximum atomic E-state index is 5.28. The van der Waals surface area contributed by atoms with Gasteiger partial charge in [0.05, 0.1) is 7.11 Å². The second-order valence-corrected chi connectivity index (χ2v) is 5.93. The molecule has 0 unspecified atom stereocenters. The van der Waals surface area contributed by atoms with Crippen LogP contribution in [0.1, 0.15) is 76.8 Å². The molecule has 21 heavy (non-hydrogen) atoms. The number of rotatable bonds is 12. The van der Waals surface area contributed by atoms with Gasteiger partial charge < -0.3 is 10.1 Å². The van der Waals surface area contributed by atoms with E-state index in [-0.39, 0.29) is 0 Å². The van der Waals surface area contributed by atoms with Crippen molar-refractivity contribution in [3.8, 4) is 5.75 Å². The average Bonchev–Trinajstić information content (AvgIpc) is 2.53. The van der Waals surface area contributed by atoms with Gasteiger partial charge in [-0.25, -0.2) is 0 Å². The maximum Gasteiger partial charge on any atom is 0.119 e. The van der Waals surface area contributed by atoms with Crippen LogP contribution >= 0.6 is 0 Å². The average molecular weight is 291 g/mol. The van der Waals surface area contributed by atoms with Crippen molar-refractivity contribution in [3.63, 3.8) is 0 Å². The summed E-state index contributed by atoms with van der Waals surface area (Å²) in [5.41, 5.74) is 1.30. The topological polar surface area (TPSA) is 21.3 Å². The van der Waals surface area contributed by atoms with Gasteiger partial charge in [-0.1, -0.05) is 64.0 Å². The molecule has 0 saturated heterocycles. The minimum atomic E-state index is 0.393. The van der Waals surface area contributed by atoms with E-state index >= 15 is 0 Å². The van der Waals surface area contributed by atoms with Gasteiger partial charge in [0.15, 0.2) is 0 Å². The summed E-state index contributed by atoms with van der Waals surface area (Å²) in [6, 6.07) is 8.72. The molecule has 2 nitrogen and oxygen atoms in total. The Morgan fingerprint density at radius 2 is 1.67 bits per heavy atom. The molecule has 1 aromatic carbocycles. The van der Waals surface area contributed by atoms with Crippen LogP contribution in [0, 0.1) is 0 Å². The van der Waals surface area contributed by atoms with Crippen LogP contribution < -0.4 is 10.1 Å². The SMILES string of the molecule is CCCCCCCCCCN[C@H](C)c1cccc(OC)c1. The van der Waals surface area contributed by atoms with E-state index in [9.17, 15) is 0 Å². The number of ether oxygens (including phenoxy) is 1. The predicted molar refractivity (Wildman–Crippen MR) is 92.0 cm³/mol. The normalized spacial score (nSPS) is 12.3. The fraction of sp³-hybridized carbons (Fsp3) is 0.684. The quantitative estimate of drug-likeness (QED) is 0.514. The lowest BCUT2D eigenvalue weighted by molar-refractivity contribution is 0.413. The number of benzene rings is 1. The molecule has 0 aliphatic rings. The first kappa shape index (κ1) is 18.0. The molecule has 120 valence electrons. The lowest BCUT2D eigenvalue weighted by Crippen LogP contribution is -2.19. The fourth-order valence-corrected chi connectivity index (χ4v) is 2.61. The Balaban J connectivity index is 2.06. The summed E-state index contributed by atoms with van der Waals surface area (Å²) in [6.07, 6.45) is 11.0. The Bertz CT molecular complexity index is 364. The van der Waals surface area contributed by atoms with Crippen molar-refractivity contribution in [1.29, 1.82) is 0 Å². The molecule has 0 aliphatic carbocycles. The Morgan fingerprint density at radius 3 is 2.33 bits per heavy atom. The molecule has 1 N–H and O–H groups in total. The van der Waals surface area contributed by atoms with Crippen molar-refractivity contribution < 1.29 is 4.74 Å². The van der Waals surface area contributed by atoms with E-state index in [0.717, 1.165) is 12.3 Å². The van der Waals surface area contributed by atoms with Gasteiger partial charge in [0, 0.05) is 6.04 Å². The first-order chi connectivity index (χ1) is 10.3. The van der Waals surface area contributed by atoms with Crippen molar-refractivity contribution >= 4 is 0 Å². The molecule has 0 amide bonds. The lowest BCUT2D eigenvalue weighted by atomic mass is 10.1. The first-order valence-corrected chi connectivity index (χ1v) is 8.65. The highest BCUT2D eigenvalue weighted by molar-refractivity contribution is 5.30. The van der Waals surface area contributed by atoms with Gasteiger partial charge in [0.1, 0.15) is 5.75 Å². The third-order valence-corrected chi connectivity index (χ3v) is 4.07. The van der Waals surface area contributed by atoms with Crippen molar-refractivity contribution in [3.05, 3.63) is 29.8 Å². The molecule has 0 bridgehead atoms. The maximum absolute atomic E-state index is 5.28. The standard InChI is InChI=1S/C19H33NO/c1-4-5-6-7-8-9-10-11-15-20-17(2)18-13-12-14-19(16-18)21-3/h12-14,16-17,20H,4-11,15H2,1-3H3/t17-/m1/s1. The molecule has 0 radical (unpaired) electrons. The van der Waals surface area contributed by atoms with E-state index in [1.165, 1.54) is 56.9 Å². The van der Waals surface area contributed by atoms with Crippen LogP contribution in [0.5, 0.6) is 5.75 Å². The molecular weight excluding hydrogens is 258 g/mol. The van der Waals surface area contributed by atoms with Crippen molar-refractivity contribution in [2.45, 2.75) is 71.3 Å². The fourth-order valence-electron chi connectivity index (χ4n) is 2.61. The van der Waals surface area contributed by atoms with Gasteiger partial charge in [0.2, 0.25) is 0 Å². The molecule has 0 spiro atoms. The Hall–Kier alpha value is -1.02. The molecule has 0 fully saturated rings. The van der Waals surface area contributed by atoms with Crippen LogP contribution in [0.2, 0.25) is 0 Å². The highest BCUT2D eigenvalue weighted by Gasteiger charge is 2.05. The summed E-state index contributed by atoms with van der Waals surface area (Å²) in [6.45, 7) is 5.60. The molecule has 1 aromatic rings. The lowest BCUT2D eigenvalue weighted by Gasteiger charge is -2.15. The largest absolute Gasteiger partial charge is 0.497 e. The van der Waals surface area contributed by atoms with Crippen molar-refractivity contribution in [2.75, 3.05) is 13.7 Å². The van der Waals surface area contributed by atoms with E-state index in [0.29, 0.717) is 6.04 Å². The van der Waals surface area contributed by atoms with Crippen molar-refractivity contribution in [1.82, 2.24) is 5.32 Å². The minimum Gasteiger partial charge on any atom is -0.497 e. The zero-order valence-corrected chi connectivity index (χ0v) is 14.2. The van der Waals surface area contributed by atoms with E-state index in [4.69, 9.17) is 4.74 Å². The first-order valence-electron chi connectivity index (χ1n) is 8.65. The molecule has 0 aromatic heterocycles. The van der Waals surface area contributed by atoms with E-state index in [1.54, 1.807) is 7.11 Å². The van der Waals surface area contributed by atoms with Gasteiger partial charge in [-0.3, -0.25) is 0 Å². The van der Waals surface area contributed by atoms with Crippen LogP contribution in [-0.4, -0.2) is 13.7 Å². The Labute approximate surface area is 131 Å². The second-order valence-electron chi connectivity index (χ2n) is 5.93. The third-order valence-electron chi connectivity index (χ3n) is 4.07. The summed E-state index contributed by atoms with van der Waals surface area (Å²) in [7, 11) is 1.72. The third kappa shape index (κ3) is 8.11. The molecule has 1 atom stereocenters. The van der Waals surface area contributed by atoms with Gasteiger partial charge in [-0.05, 0) is 37.6 Å². The minimum absolute atomic E-state index is 0.393. The summed E-state index contributed by atoms with van der Waals surface area (Å²) in [5, 5.41) is 3.61. The molecule has 0 heterocycles. The Morgan fingerprint density at radius 1 is 1.00 bits per heavy atom. The molecule has 1 rings (SSSR count). The van der Waals surface area contributed by atoms with Crippen LogP contribution in [0.25, 0.3) is 0 Å². The summed E-state index contributed by atoms with van der Waals surface area (Å²) >= 11 is 0. The second kappa shape index (κ2) is 11.6. The molecular formula is C19H33NO. The van der Waals surface area contributed by atoms with E-state index in [2.05, 4.69) is 37.4 Å². The molecule has 0 saturated carbocycles. The number of nitrogens with one attached hydrogen (secondary N) is 1. The number of hydrogen-bond acceptors (Lipinski definition) is 2. The zero-order valence-electron chi connectivity index (χ0n) is 14.2. The van der Waals surface area contributed by atoms with E-state index in [1.807, 2.05) is 6.07 Å². The number of unbranched alkanes of at least 4 members (excludes halogenated alkanes) is 7. The summed E-state index contributed by atoms with van der Waals surface area (Å²) in [5.74, 6) is 0.938. The van der Waals surface area contributed by atoms with Crippen LogP contribution in [0.3, 0.4) is 0 Å². The smallest absolute Gasteiger partial charge is 0.119 e. The van der Waals surface area contributed by atoms with Crippen LogP contribution in [-0.2, 0) is 0 Å². The zero-order chi connectivity index (χ0) is 15.3. The molecule has 0 aliphatic heterocycles. The predicted octanol–water partition coefficient (Wildman–Crippen LogP) is 5.49. The number of hydrogen-bond donors (Lipinski definition) is 1. The number of methoxy groups -OCH3 is 1. The van der Waals surface area contributed by atoms with Gasteiger partial charge in [-0.2, -0.15) is 0 Å². The highest BCUT2D eigenvalue weighted by Crippen LogP contribution is 2.18. The van der Waals surface area contributed by atoms with Gasteiger partial charge in [-0.15, -0.1) is 0 Å². The van der Waals surface area contributed by atoms with Crippen molar-refractivity contribution in [2.24, 2.45) is 0 Å². The molecule has 2 heteroatoms. The summed E-state index contributed by atoms with van der Waals surface area (Å²) < 4.78 is 5.28. The Kier molecular flexibility index (Phi) is 9.98. The van der Waals surface area contributed by atoms with Gasteiger partial charge >= 0.3 is 0 Å². The van der Waals surface area contributed by atoms with Crippen LogP contribution in [0.4, 0.5) is 0 Å². The summed E-state index contributed by atoms with van der Waals surface area (Å²) in [4.78, 5) is 0. The highest BCUT2D eigenvalue weighted by atomic mass is 16.5. The van der Waals surface area contributed by atoms with Crippen LogP contribution in [0.15, 0.2) is 24.3 Å². The van der Waals surface area contributed by atoms with E-state index < -0.39 is 0 Å². The monoisotopic (exact) mass is 291 g/mol. The van der Waals surface area contributed by atoms with Gasteiger partial charge in [0.25, 0.3) is 0 Å².